The van der Waals surface area contributed by atoms with Crippen LogP contribution in [0.15, 0.2) is 35.5 Å². The van der Waals surface area contributed by atoms with Gasteiger partial charge in [-0.15, -0.1) is 11.3 Å². The second-order valence-electron chi connectivity index (χ2n) is 4.68. The van der Waals surface area contributed by atoms with Crippen LogP contribution in [0.1, 0.15) is 14.5 Å². The van der Waals surface area contributed by atoms with Crippen LogP contribution in [0.4, 0.5) is 0 Å². The average Bonchev–Trinajstić information content (AvgIpc) is 2.94. The highest BCUT2D eigenvalue weighted by Crippen LogP contribution is 2.26. The Hall–Kier alpha value is -0.930. The molecule has 124 valence electrons. The molecule has 0 fully saturated rings. The van der Waals surface area contributed by atoms with E-state index in [1.165, 1.54) is 23.1 Å². The highest BCUT2D eigenvalue weighted by Gasteiger charge is 2.12. The zero-order chi connectivity index (χ0) is 16.9. The molecule has 0 unspecified atom stereocenters. The zero-order valence-electron chi connectivity index (χ0n) is 12.3. The van der Waals surface area contributed by atoms with Gasteiger partial charge in [-0.3, -0.25) is 4.79 Å². The molecule has 1 N–H and O–H groups in total. The molecule has 2 rings (SSSR count). The van der Waals surface area contributed by atoms with Crippen molar-refractivity contribution in [3.63, 3.8) is 0 Å². The molecule has 0 atom stereocenters. The van der Waals surface area contributed by atoms with E-state index in [2.05, 4.69) is 9.71 Å². The smallest absolute Gasteiger partial charge is 0.208 e. The van der Waals surface area contributed by atoms with E-state index in [1.807, 2.05) is 6.07 Å². The lowest BCUT2D eigenvalue weighted by Gasteiger charge is -2.01. The number of thiophene rings is 1. The fraction of sp³-hybridized carbons (Fsp3) is 0.286. The normalized spacial score (nSPS) is 11.6. The molecule has 2 heterocycles. The van der Waals surface area contributed by atoms with E-state index >= 15 is 0 Å². The molecule has 0 saturated heterocycles. The van der Waals surface area contributed by atoms with Crippen LogP contribution >= 0.6 is 34.7 Å². The zero-order valence-corrected chi connectivity index (χ0v) is 15.5. The molecule has 23 heavy (non-hydrogen) atoms. The van der Waals surface area contributed by atoms with Crippen molar-refractivity contribution in [2.75, 3.05) is 18.6 Å². The number of Topliss-reactive ketones (excluding diaryl/α,β-unsaturated/α-hetero) is 1. The van der Waals surface area contributed by atoms with Crippen molar-refractivity contribution < 1.29 is 13.2 Å². The Bertz CT molecular complexity index is 790. The maximum atomic E-state index is 12.2. The first-order chi connectivity index (χ1) is 10.8. The van der Waals surface area contributed by atoms with Crippen LogP contribution < -0.4 is 4.72 Å². The second kappa shape index (κ2) is 8.25. The maximum Gasteiger partial charge on any atom is 0.208 e. The van der Waals surface area contributed by atoms with Gasteiger partial charge in [0.05, 0.1) is 21.9 Å². The number of sulfonamides is 1. The number of halogens is 1. The number of nitrogens with one attached hydrogen (secondary N) is 1. The molecule has 0 aromatic carbocycles. The van der Waals surface area contributed by atoms with Crippen LogP contribution in [-0.4, -0.2) is 37.7 Å². The summed E-state index contributed by atoms with van der Waals surface area (Å²) in [5.41, 5.74) is 0. The Labute approximate surface area is 148 Å². The van der Waals surface area contributed by atoms with Crippen LogP contribution in [0.25, 0.3) is 0 Å². The molecule has 0 saturated carbocycles. The van der Waals surface area contributed by atoms with Crippen molar-refractivity contribution in [2.24, 2.45) is 0 Å². The number of carbonyl (C=O) groups is 1. The molecule has 2 aromatic heterocycles. The van der Waals surface area contributed by atoms with E-state index in [9.17, 15) is 13.2 Å². The highest BCUT2D eigenvalue weighted by molar-refractivity contribution is 8.00. The van der Waals surface area contributed by atoms with Crippen LogP contribution in [0.5, 0.6) is 0 Å². The van der Waals surface area contributed by atoms with E-state index in [1.54, 1.807) is 24.4 Å². The summed E-state index contributed by atoms with van der Waals surface area (Å²) >= 11 is 8.69. The van der Waals surface area contributed by atoms with Gasteiger partial charge in [0.2, 0.25) is 10.0 Å². The standard InChI is InChI=1S/C14H15ClN2O3S3/c1-23(19,20)17-8-6-10-4-5-13(22-10)12(18)9-21-14-11(15)3-2-7-16-14/h2-5,7,17H,6,8-9H2,1H3. The number of aromatic nitrogens is 1. The third kappa shape index (κ3) is 6.23. The lowest BCUT2D eigenvalue weighted by atomic mass is 10.3. The fourth-order valence-corrected chi connectivity index (χ4v) is 4.26. The summed E-state index contributed by atoms with van der Waals surface area (Å²) in [6, 6.07) is 7.09. The minimum atomic E-state index is -3.18. The summed E-state index contributed by atoms with van der Waals surface area (Å²) < 4.78 is 24.4. The number of rotatable bonds is 8. The topological polar surface area (TPSA) is 76.1 Å². The average molecular weight is 391 g/mol. The fourth-order valence-electron chi connectivity index (χ4n) is 1.70. The first kappa shape index (κ1) is 18.4. The van der Waals surface area contributed by atoms with Gasteiger partial charge in [-0.2, -0.15) is 0 Å². The molecule has 9 heteroatoms. The number of ketones is 1. The summed E-state index contributed by atoms with van der Waals surface area (Å²) in [7, 11) is -3.18. The molecule has 2 aromatic rings. The molecule has 0 aliphatic carbocycles. The van der Waals surface area contributed by atoms with Crippen molar-refractivity contribution in [2.45, 2.75) is 11.4 Å². The van der Waals surface area contributed by atoms with E-state index in [4.69, 9.17) is 11.6 Å². The maximum absolute atomic E-state index is 12.2. The molecular weight excluding hydrogens is 376 g/mol. The molecule has 0 aliphatic heterocycles. The summed E-state index contributed by atoms with van der Waals surface area (Å²) in [4.78, 5) is 17.9. The molecule has 0 amide bonds. The van der Waals surface area contributed by atoms with Crippen LogP contribution in [0.3, 0.4) is 0 Å². The minimum Gasteiger partial charge on any atom is -0.292 e. The molecular formula is C14H15ClN2O3S3. The van der Waals surface area contributed by atoms with E-state index in [0.29, 0.717) is 27.9 Å². The Morgan fingerprint density at radius 3 is 2.87 bits per heavy atom. The van der Waals surface area contributed by atoms with Gasteiger partial charge in [-0.1, -0.05) is 23.4 Å². The number of nitrogens with zero attached hydrogens (tertiary/aromatic N) is 1. The summed E-state index contributed by atoms with van der Waals surface area (Å²) in [6.45, 7) is 0.325. The van der Waals surface area contributed by atoms with Crippen LogP contribution in [-0.2, 0) is 16.4 Å². The first-order valence-corrected chi connectivity index (χ1v) is 10.7. The summed E-state index contributed by atoms with van der Waals surface area (Å²) in [5, 5.41) is 1.17. The lowest BCUT2D eigenvalue weighted by molar-refractivity contribution is 0.102. The van der Waals surface area contributed by atoms with Gasteiger partial charge >= 0.3 is 0 Å². The van der Waals surface area contributed by atoms with Gasteiger partial charge in [0.25, 0.3) is 0 Å². The lowest BCUT2D eigenvalue weighted by Crippen LogP contribution is -2.23. The Kier molecular flexibility index (Phi) is 6.60. The SMILES string of the molecule is CS(=O)(=O)NCCc1ccc(C(=O)CSc2ncccc2Cl)s1. The predicted octanol–water partition coefficient (Wildman–Crippen LogP) is 2.86. The number of carbonyl (C=O) groups excluding carboxylic acids is 1. The Morgan fingerprint density at radius 1 is 1.39 bits per heavy atom. The van der Waals surface area contributed by atoms with Crippen molar-refractivity contribution in [3.05, 3.63) is 45.2 Å². The molecule has 0 bridgehead atoms. The van der Waals surface area contributed by atoms with E-state index in [0.717, 1.165) is 11.1 Å². The number of pyridine rings is 1. The van der Waals surface area contributed by atoms with Crippen LogP contribution in [0.2, 0.25) is 5.02 Å². The van der Waals surface area contributed by atoms with Gasteiger partial charge in [0, 0.05) is 17.6 Å². The quantitative estimate of drug-likeness (QED) is 0.554. The van der Waals surface area contributed by atoms with Crippen molar-refractivity contribution in [1.82, 2.24) is 9.71 Å². The van der Waals surface area contributed by atoms with Gasteiger partial charge in [-0.05, 0) is 30.7 Å². The molecule has 0 radical (unpaired) electrons. The molecule has 0 spiro atoms. The van der Waals surface area contributed by atoms with E-state index in [-0.39, 0.29) is 11.5 Å². The van der Waals surface area contributed by atoms with Gasteiger partial charge < -0.3 is 0 Å². The third-order valence-corrected chi connectivity index (χ3v) is 6.07. The number of thioether (sulfide) groups is 1. The Morgan fingerprint density at radius 2 is 2.17 bits per heavy atom. The third-order valence-electron chi connectivity index (χ3n) is 2.74. The molecule has 5 nitrogen and oxygen atoms in total. The number of hydrogen-bond acceptors (Lipinski definition) is 6. The first-order valence-electron chi connectivity index (χ1n) is 6.65. The van der Waals surface area contributed by atoms with Gasteiger partial charge in [0.1, 0.15) is 5.03 Å². The summed E-state index contributed by atoms with van der Waals surface area (Å²) in [5.74, 6) is 0.266. The highest BCUT2D eigenvalue weighted by atomic mass is 35.5. The second-order valence-corrected chi connectivity index (χ2v) is 9.06. The Balaban J connectivity index is 1.87. The van der Waals surface area contributed by atoms with Gasteiger partial charge in [-0.25, -0.2) is 18.1 Å². The van der Waals surface area contributed by atoms with Crippen molar-refractivity contribution >= 4 is 50.5 Å². The van der Waals surface area contributed by atoms with Crippen molar-refractivity contribution in [1.29, 1.82) is 0 Å². The van der Waals surface area contributed by atoms with Gasteiger partial charge in [0.15, 0.2) is 5.78 Å². The van der Waals surface area contributed by atoms with Crippen LogP contribution in [0, 0.1) is 0 Å². The minimum absolute atomic E-state index is 0.00374. The predicted molar refractivity (Wildman–Crippen MR) is 95.2 cm³/mol. The van der Waals surface area contributed by atoms with E-state index < -0.39 is 10.0 Å². The van der Waals surface area contributed by atoms with Crippen molar-refractivity contribution in [3.8, 4) is 0 Å². The molecule has 0 aliphatic rings. The largest absolute Gasteiger partial charge is 0.292 e. The number of hydrogen-bond donors (Lipinski definition) is 1. The monoisotopic (exact) mass is 390 g/mol. The summed E-state index contributed by atoms with van der Waals surface area (Å²) in [6.07, 6.45) is 3.32.